The Labute approximate surface area is 133 Å². The van der Waals surface area contributed by atoms with E-state index in [0.717, 1.165) is 4.90 Å². The Balaban J connectivity index is 2.62. The van der Waals surface area contributed by atoms with Gasteiger partial charge in [0, 0.05) is 5.56 Å². The molecular formula is C16H19NO6. The largest absolute Gasteiger partial charge is 0.490 e. The number of nitrogens with zero attached hydrogens (tertiary/aromatic N) is 1. The smallest absolute Gasteiger partial charge is 0.323 e. The summed E-state index contributed by atoms with van der Waals surface area (Å²) in [5.41, 5.74) is 0.518. The van der Waals surface area contributed by atoms with E-state index < -0.39 is 24.5 Å². The molecule has 1 aliphatic heterocycles. The lowest BCUT2D eigenvalue weighted by Gasteiger charge is -2.36. The highest BCUT2D eigenvalue weighted by molar-refractivity contribution is 6.04. The molecule has 1 amide bonds. The number of hydrogen-bond acceptors (Lipinski definition) is 5. The number of rotatable bonds is 6. The minimum absolute atomic E-state index is 0.146. The van der Waals surface area contributed by atoms with Gasteiger partial charge in [0.1, 0.15) is 12.8 Å². The Morgan fingerprint density at radius 2 is 2.17 bits per heavy atom. The molecule has 0 saturated carbocycles. The average molecular weight is 321 g/mol. The standard InChI is InChI=1S/C16H19NO6/c1-4-22-12-6-10(8-18)5-11-15(12)23-14(9(2)3)16(21)17(11)7-13(19)20/h5-6,8-9,14H,4,7H2,1-3H3,(H,19,20). The molecule has 0 spiro atoms. The Morgan fingerprint density at radius 3 is 2.70 bits per heavy atom. The highest BCUT2D eigenvalue weighted by Crippen LogP contribution is 2.43. The van der Waals surface area contributed by atoms with Crippen LogP contribution < -0.4 is 14.4 Å². The molecule has 1 N–H and O–H groups in total. The fraction of sp³-hybridized carbons (Fsp3) is 0.438. The van der Waals surface area contributed by atoms with Crippen molar-refractivity contribution in [2.75, 3.05) is 18.1 Å². The number of benzene rings is 1. The first kappa shape index (κ1) is 16.8. The number of amides is 1. The normalized spacial score (nSPS) is 16.8. The SMILES string of the molecule is CCOc1cc(C=O)cc2c1OC(C(C)C)C(=O)N2CC(=O)O. The van der Waals surface area contributed by atoms with E-state index in [-0.39, 0.29) is 22.9 Å². The molecule has 0 radical (unpaired) electrons. The maximum atomic E-state index is 12.5. The van der Waals surface area contributed by atoms with E-state index in [1.165, 1.54) is 12.1 Å². The van der Waals surface area contributed by atoms with Crippen molar-refractivity contribution in [3.05, 3.63) is 17.7 Å². The van der Waals surface area contributed by atoms with E-state index in [2.05, 4.69) is 0 Å². The van der Waals surface area contributed by atoms with Gasteiger partial charge in [-0.25, -0.2) is 0 Å². The molecule has 1 aliphatic rings. The van der Waals surface area contributed by atoms with Gasteiger partial charge in [-0.1, -0.05) is 13.8 Å². The van der Waals surface area contributed by atoms with Crippen molar-refractivity contribution in [3.8, 4) is 11.5 Å². The van der Waals surface area contributed by atoms with Crippen molar-refractivity contribution in [1.29, 1.82) is 0 Å². The molecule has 0 aliphatic carbocycles. The lowest BCUT2D eigenvalue weighted by atomic mass is 10.0. The first-order chi connectivity index (χ1) is 10.9. The van der Waals surface area contributed by atoms with Crippen LogP contribution in [0.5, 0.6) is 11.5 Å². The van der Waals surface area contributed by atoms with Gasteiger partial charge in [-0.3, -0.25) is 19.3 Å². The number of carbonyl (C=O) groups is 3. The van der Waals surface area contributed by atoms with Gasteiger partial charge in [0.25, 0.3) is 5.91 Å². The number of ether oxygens (including phenoxy) is 2. The Bertz CT molecular complexity index is 640. The molecule has 0 bridgehead atoms. The molecule has 124 valence electrons. The number of aldehydes is 1. The molecular weight excluding hydrogens is 302 g/mol. The predicted octanol–water partition coefficient (Wildman–Crippen LogP) is 1.73. The third-order valence-corrected chi connectivity index (χ3v) is 3.44. The predicted molar refractivity (Wildman–Crippen MR) is 82.2 cm³/mol. The summed E-state index contributed by atoms with van der Waals surface area (Å²) in [5.74, 6) is -1.13. The summed E-state index contributed by atoms with van der Waals surface area (Å²) in [6.07, 6.45) is -0.191. The Morgan fingerprint density at radius 1 is 1.48 bits per heavy atom. The fourth-order valence-corrected chi connectivity index (χ4v) is 2.43. The summed E-state index contributed by atoms with van der Waals surface area (Å²) in [6.45, 7) is 5.24. The zero-order valence-electron chi connectivity index (χ0n) is 13.2. The van der Waals surface area contributed by atoms with Crippen LogP contribution >= 0.6 is 0 Å². The van der Waals surface area contributed by atoms with E-state index >= 15 is 0 Å². The third kappa shape index (κ3) is 3.28. The minimum Gasteiger partial charge on any atom is -0.490 e. The number of carboxylic acid groups (broad SMARTS) is 1. The maximum absolute atomic E-state index is 12.5. The van der Waals surface area contributed by atoms with Crippen molar-refractivity contribution in [2.24, 2.45) is 5.92 Å². The number of fused-ring (bicyclic) bond motifs is 1. The van der Waals surface area contributed by atoms with Crippen LogP contribution in [-0.4, -0.2) is 42.5 Å². The van der Waals surface area contributed by atoms with Crippen molar-refractivity contribution < 1.29 is 29.0 Å². The molecule has 0 aromatic heterocycles. The summed E-state index contributed by atoms with van der Waals surface area (Å²) >= 11 is 0. The van der Waals surface area contributed by atoms with Gasteiger partial charge >= 0.3 is 5.97 Å². The van der Waals surface area contributed by atoms with Gasteiger partial charge in [-0.2, -0.15) is 0 Å². The van der Waals surface area contributed by atoms with Crippen LogP contribution in [0.3, 0.4) is 0 Å². The fourth-order valence-electron chi connectivity index (χ4n) is 2.43. The topological polar surface area (TPSA) is 93.1 Å². The van der Waals surface area contributed by atoms with E-state index in [9.17, 15) is 14.4 Å². The number of carbonyl (C=O) groups excluding carboxylic acids is 2. The number of anilines is 1. The average Bonchev–Trinajstić information content (AvgIpc) is 2.49. The number of hydrogen-bond donors (Lipinski definition) is 1. The molecule has 1 unspecified atom stereocenters. The second-order valence-electron chi connectivity index (χ2n) is 5.52. The number of aliphatic carboxylic acids is 1. The van der Waals surface area contributed by atoms with E-state index in [1.807, 2.05) is 13.8 Å². The highest BCUT2D eigenvalue weighted by atomic mass is 16.5. The molecule has 23 heavy (non-hydrogen) atoms. The van der Waals surface area contributed by atoms with Gasteiger partial charge < -0.3 is 14.6 Å². The van der Waals surface area contributed by atoms with Gasteiger partial charge in [0.05, 0.1) is 12.3 Å². The highest BCUT2D eigenvalue weighted by Gasteiger charge is 2.39. The lowest BCUT2D eigenvalue weighted by Crippen LogP contribution is -2.50. The van der Waals surface area contributed by atoms with Crippen LogP contribution in [0.4, 0.5) is 5.69 Å². The molecule has 1 atom stereocenters. The molecule has 7 nitrogen and oxygen atoms in total. The van der Waals surface area contributed by atoms with Crippen LogP contribution in [-0.2, 0) is 9.59 Å². The zero-order valence-corrected chi connectivity index (χ0v) is 13.2. The Hall–Kier alpha value is -2.57. The van der Waals surface area contributed by atoms with Crippen molar-refractivity contribution >= 4 is 23.9 Å². The van der Waals surface area contributed by atoms with Gasteiger partial charge in [0.2, 0.25) is 0 Å². The van der Waals surface area contributed by atoms with Gasteiger partial charge in [0.15, 0.2) is 17.6 Å². The molecule has 1 aromatic carbocycles. The summed E-state index contributed by atoms with van der Waals surface area (Å²) in [4.78, 5) is 35.9. The summed E-state index contributed by atoms with van der Waals surface area (Å²) in [6, 6.07) is 2.95. The molecule has 2 rings (SSSR count). The minimum atomic E-state index is -1.15. The summed E-state index contributed by atoms with van der Waals surface area (Å²) in [7, 11) is 0. The molecule has 7 heteroatoms. The van der Waals surface area contributed by atoms with Gasteiger partial charge in [-0.15, -0.1) is 0 Å². The lowest BCUT2D eigenvalue weighted by molar-refractivity contribution is -0.138. The van der Waals surface area contributed by atoms with Crippen LogP contribution in [0.15, 0.2) is 12.1 Å². The number of carboxylic acids is 1. The molecule has 0 fully saturated rings. The second-order valence-corrected chi connectivity index (χ2v) is 5.52. The van der Waals surface area contributed by atoms with Crippen LogP contribution in [0.1, 0.15) is 31.1 Å². The first-order valence-electron chi connectivity index (χ1n) is 7.34. The quantitative estimate of drug-likeness (QED) is 0.802. The molecule has 1 aromatic rings. The van der Waals surface area contributed by atoms with E-state index in [1.54, 1.807) is 6.92 Å². The summed E-state index contributed by atoms with van der Waals surface area (Å²) < 4.78 is 11.3. The van der Waals surface area contributed by atoms with Crippen LogP contribution in [0, 0.1) is 5.92 Å². The first-order valence-corrected chi connectivity index (χ1v) is 7.34. The van der Waals surface area contributed by atoms with Crippen molar-refractivity contribution in [1.82, 2.24) is 0 Å². The second kappa shape index (κ2) is 6.68. The van der Waals surface area contributed by atoms with E-state index in [0.29, 0.717) is 18.6 Å². The van der Waals surface area contributed by atoms with Gasteiger partial charge in [-0.05, 0) is 25.0 Å². The Kier molecular flexibility index (Phi) is 4.88. The van der Waals surface area contributed by atoms with Crippen LogP contribution in [0.25, 0.3) is 0 Å². The van der Waals surface area contributed by atoms with E-state index in [4.69, 9.17) is 14.6 Å². The maximum Gasteiger partial charge on any atom is 0.323 e. The van der Waals surface area contributed by atoms with Crippen molar-refractivity contribution in [3.63, 3.8) is 0 Å². The summed E-state index contributed by atoms with van der Waals surface area (Å²) in [5, 5.41) is 9.10. The molecule has 1 heterocycles. The monoisotopic (exact) mass is 321 g/mol. The van der Waals surface area contributed by atoms with Crippen LogP contribution in [0.2, 0.25) is 0 Å². The zero-order chi connectivity index (χ0) is 17.1. The molecule has 0 saturated heterocycles. The van der Waals surface area contributed by atoms with Crippen molar-refractivity contribution in [2.45, 2.75) is 26.9 Å². The third-order valence-electron chi connectivity index (χ3n) is 3.44.